The Hall–Kier alpha value is -4.25. The van der Waals surface area contributed by atoms with Crippen LogP contribution in [0.3, 0.4) is 0 Å². The van der Waals surface area contributed by atoms with Crippen molar-refractivity contribution in [2.45, 2.75) is 6.42 Å². The van der Waals surface area contributed by atoms with Gasteiger partial charge >= 0.3 is 5.97 Å². The van der Waals surface area contributed by atoms with Crippen LogP contribution >= 0.6 is 0 Å². The maximum absolute atomic E-state index is 12.3. The van der Waals surface area contributed by atoms with Gasteiger partial charge in [0.2, 0.25) is 5.91 Å². The first-order valence-corrected chi connectivity index (χ1v) is 9.85. The zero-order chi connectivity index (χ0) is 21.5. The van der Waals surface area contributed by atoms with Crippen molar-refractivity contribution in [2.24, 2.45) is 5.10 Å². The molecule has 4 aromatic rings. The van der Waals surface area contributed by atoms with Crippen molar-refractivity contribution >= 4 is 28.9 Å². The van der Waals surface area contributed by atoms with Gasteiger partial charge in [-0.15, -0.1) is 0 Å². The highest BCUT2D eigenvalue weighted by atomic mass is 16.5. The van der Waals surface area contributed by atoms with E-state index >= 15 is 0 Å². The average molecular weight is 408 g/mol. The fraction of sp³-hybridized carbons (Fsp3) is 0.0385. The van der Waals surface area contributed by atoms with Gasteiger partial charge < -0.3 is 4.74 Å². The fourth-order valence-electron chi connectivity index (χ4n) is 3.20. The molecule has 0 aliphatic rings. The molecule has 0 fully saturated rings. The molecule has 0 unspecified atom stereocenters. The van der Waals surface area contributed by atoms with E-state index in [1.165, 1.54) is 0 Å². The van der Waals surface area contributed by atoms with Gasteiger partial charge in [-0.2, -0.15) is 5.10 Å². The van der Waals surface area contributed by atoms with E-state index < -0.39 is 5.97 Å². The SMILES string of the molecule is O=C(Cc1cccc2ccccc12)NN=Cc1ccc(OC(=O)c2ccccc2)cc1. The van der Waals surface area contributed by atoms with Gasteiger partial charge in [0.1, 0.15) is 5.75 Å². The zero-order valence-electron chi connectivity index (χ0n) is 16.7. The second-order valence-corrected chi connectivity index (χ2v) is 6.93. The van der Waals surface area contributed by atoms with Gasteiger partial charge in [-0.3, -0.25) is 4.79 Å². The molecule has 0 saturated carbocycles. The Labute approximate surface area is 180 Å². The molecule has 5 nitrogen and oxygen atoms in total. The molecule has 0 bridgehead atoms. The summed E-state index contributed by atoms with van der Waals surface area (Å²) in [4.78, 5) is 24.4. The van der Waals surface area contributed by atoms with Crippen molar-refractivity contribution in [3.05, 3.63) is 114 Å². The largest absolute Gasteiger partial charge is 0.423 e. The van der Waals surface area contributed by atoms with Gasteiger partial charge in [0.25, 0.3) is 0 Å². The Morgan fingerprint density at radius 1 is 0.806 bits per heavy atom. The first kappa shape index (κ1) is 20.0. The van der Waals surface area contributed by atoms with E-state index in [-0.39, 0.29) is 12.3 Å². The number of carbonyl (C=O) groups excluding carboxylic acids is 2. The van der Waals surface area contributed by atoms with E-state index in [1.807, 2.05) is 48.5 Å². The Morgan fingerprint density at radius 3 is 2.32 bits per heavy atom. The summed E-state index contributed by atoms with van der Waals surface area (Å²) >= 11 is 0. The van der Waals surface area contributed by atoms with Crippen LogP contribution in [0.15, 0.2) is 102 Å². The molecule has 0 aliphatic carbocycles. The number of rotatable bonds is 6. The second kappa shape index (κ2) is 9.50. The third kappa shape index (κ3) is 5.22. The molecule has 5 heteroatoms. The molecule has 0 heterocycles. The van der Waals surface area contributed by atoms with Crippen molar-refractivity contribution in [1.82, 2.24) is 5.43 Å². The Bertz CT molecular complexity index is 1230. The van der Waals surface area contributed by atoms with Crippen LogP contribution in [0.1, 0.15) is 21.5 Å². The normalized spacial score (nSPS) is 10.8. The minimum atomic E-state index is -0.414. The number of nitrogens with zero attached hydrogens (tertiary/aromatic N) is 1. The number of hydrogen-bond acceptors (Lipinski definition) is 4. The molecule has 0 atom stereocenters. The highest BCUT2D eigenvalue weighted by Gasteiger charge is 2.08. The van der Waals surface area contributed by atoms with Gasteiger partial charge in [0.05, 0.1) is 18.2 Å². The van der Waals surface area contributed by atoms with Crippen molar-refractivity contribution < 1.29 is 14.3 Å². The first-order chi connectivity index (χ1) is 15.2. The summed E-state index contributed by atoms with van der Waals surface area (Å²) < 4.78 is 5.35. The molecule has 1 N–H and O–H groups in total. The molecule has 1 amide bonds. The third-order valence-corrected chi connectivity index (χ3v) is 4.73. The standard InChI is InChI=1S/C26H20N2O3/c29-25(17-22-11-6-10-20-7-4-5-12-24(20)22)28-27-18-19-13-15-23(16-14-19)31-26(30)21-8-2-1-3-9-21/h1-16,18H,17H2,(H,28,29). The Kier molecular flexibility index (Phi) is 6.14. The molecule has 0 spiro atoms. The van der Waals surface area contributed by atoms with E-state index in [0.717, 1.165) is 21.9 Å². The van der Waals surface area contributed by atoms with Crippen molar-refractivity contribution in [2.75, 3.05) is 0 Å². The molecule has 0 aliphatic heterocycles. The summed E-state index contributed by atoms with van der Waals surface area (Å²) in [7, 11) is 0. The lowest BCUT2D eigenvalue weighted by atomic mass is 10.0. The fourth-order valence-corrected chi connectivity index (χ4v) is 3.20. The van der Waals surface area contributed by atoms with Gasteiger partial charge in [0.15, 0.2) is 0 Å². The van der Waals surface area contributed by atoms with E-state index in [9.17, 15) is 9.59 Å². The predicted octanol–water partition coefficient (Wildman–Crippen LogP) is 4.75. The molecule has 152 valence electrons. The van der Waals surface area contributed by atoms with Crippen LogP contribution in [0.2, 0.25) is 0 Å². The topological polar surface area (TPSA) is 67.8 Å². The highest BCUT2D eigenvalue weighted by molar-refractivity contribution is 5.92. The minimum absolute atomic E-state index is 0.194. The molecule has 0 aromatic heterocycles. The van der Waals surface area contributed by atoms with Crippen molar-refractivity contribution in [3.63, 3.8) is 0 Å². The third-order valence-electron chi connectivity index (χ3n) is 4.73. The zero-order valence-corrected chi connectivity index (χ0v) is 16.7. The molecular weight excluding hydrogens is 388 g/mol. The van der Waals surface area contributed by atoms with Crippen LogP contribution in [0.4, 0.5) is 0 Å². The summed E-state index contributed by atoms with van der Waals surface area (Å²) in [6.07, 6.45) is 1.79. The highest BCUT2D eigenvalue weighted by Crippen LogP contribution is 2.19. The smallest absolute Gasteiger partial charge is 0.343 e. The van der Waals surface area contributed by atoms with E-state index in [2.05, 4.69) is 10.5 Å². The lowest BCUT2D eigenvalue weighted by molar-refractivity contribution is -0.120. The average Bonchev–Trinajstić information content (AvgIpc) is 2.81. The summed E-state index contributed by atoms with van der Waals surface area (Å²) in [5.74, 6) is -0.172. The quantitative estimate of drug-likeness (QED) is 0.217. The summed E-state index contributed by atoms with van der Waals surface area (Å²) in [6.45, 7) is 0. The Morgan fingerprint density at radius 2 is 1.52 bits per heavy atom. The number of hydrogen-bond donors (Lipinski definition) is 1. The van der Waals surface area contributed by atoms with Crippen LogP contribution in [0, 0.1) is 0 Å². The summed E-state index contributed by atoms with van der Waals surface area (Å²) in [6, 6.07) is 29.6. The Balaban J connectivity index is 1.32. The van der Waals surface area contributed by atoms with E-state index in [4.69, 9.17) is 4.74 Å². The minimum Gasteiger partial charge on any atom is -0.423 e. The number of esters is 1. The van der Waals surface area contributed by atoms with Crippen LogP contribution in [-0.4, -0.2) is 18.1 Å². The second-order valence-electron chi connectivity index (χ2n) is 6.93. The van der Waals surface area contributed by atoms with Gasteiger partial charge in [-0.25, -0.2) is 10.2 Å². The summed E-state index contributed by atoms with van der Waals surface area (Å²) in [5.41, 5.74) is 4.77. The molecule has 0 saturated heterocycles. The van der Waals surface area contributed by atoms with Crippen LogP contribution in [0.5, 0.6) is 5.75 Å². The maximum atomic E-state index is 12.3. The molecule has 0 radical (unpaired) electrons. The summed E-state index contributed by atoms with van der Waals surface area (Å²) in [5, 5.41) is 6.18. The number of amides is 1. The molecular formula is C26H20N2O3. The van der Waals surface area contributed by atoms with Crippen LogP contribution in [0.25, 0.3) is 10.8 Å². The number of carbonyl (C=O) groups is 2. The van der Waals surface area contributed by atoms with E-state index in [0.29, 0.717) is 11.3 Å². The van der Waals surface area contributed by atoms with Crippen molar-refractivity contribution in [3.8, 4) is 5.75 Å². The lowest BCUT2D eigenvalue weighted by Gasteiger charge is -2.06. The molecule has 4 aromatic carbocycles. The number of ether oxygens (including phenoxy) is 1. The van der Waals surface area contributed by atoms with Gasteiger partial charge in [-0.1, -0.05) is 60.7 Å². The van der Waals surface area contributed by atoms with Gasteiger partial charge in [0, 0.05) is 0 Å². The first-order valence-electron chi connectivity index (χ1n) is 9.85. The van der Waals surface area contributed by atoms with E-state index in [1.54, 1.807) is 54.7 Å². The lowest BCUT2D eigenvalue weighted by Crippen LogP contribution is -2.19. The van der Waals surface area contributed by atoms with Crippen molar-refractivity contribution in [1.29, 1.82) is 0 Å². The van der Waals surface area contributed by atoms with Crippen LogP contribution in [-0.2, 0) is 11.2 Å². The number of fused-ring (bicyclic) bond motifs is 1. The number of nitrogens with one attached hydrogen (secondary N) is 1. The number of benzene rings is 4. The molecule has 4 rings (SSSR count). The van der Waals surface area contributed by atoms with Crippen LogP contribution < -0.4 is 10.2 Å². The maximum Gasteiger partial charge on any atom is 0.343 e. The monoisotopic (exact) mass is 408 g/mol. The molecule has 31 heavy (non-hydrogen) atoms. The predicted molar refractivity (Wildman–Crippen MR) is 121 cm³/mol. The van der Waals surface area contributed by atoms with Gasteiger partial charge in [-0.05, 0) is 58.3 Å². The number of hydrazone groups is 1.